The molecule has 0 atom stereocenters. The molecule has 2 rings (SSSR count). The Bertz CT molecular complexity index is 496. The minimum atomic E-state index is -0.299. The van der Waals surface area contributed by atoms with Crippen molar-refractivity contribution < 1.29 is 4.39 Å². The van der Waals surface area contributed by atoms with E-state index < -0.39 is 0 Å². The predicted molar refractivity (Wildman–Crippen MR) is 67.2 cm³/mol. The average molecular weight is 254 g/mol. The van der Waals surface area contributed by atoms with Gasteiger partial charge in [-0.25, -0.2) is 9.37 Å². The summed E-state index contributed by atoms with van der Waals surface area (Å²) in [5.74, 6) is 0.473. The van der Waals surface area contributed by atoms with Crippen molar-refractivity contribution in [3.63, 3.8) is 0 Å². The van der Waals surface area contributed by atoms with E-state index >= 15 is 0 Å². The Labute approximate surface area is 102 Å². The molecule has 0 spiro atoms. The molecule has 0 aliphatic carbocycles. The fourth-order valence-electron chi connectivity index (χ4n) is 1.26. The van der Waals surface area contributed by atoms with E-state index in [1.165, 1.54) is 12.1 Å². The van der Waals surface area contributed by atoms with Gasteiger partial charge in [-0.1, -0.05) is 0 Å². The maximum atomic E-state index is 12.8. The van der Waals surface area contributed by atoms with E-state index in [2.05, 4.69) is 4.98 Å². The van der Waals surface area contributed by atoms with Gasteiger partial charge in [0, 0.05) is 21.7 Å². The standard InChI is InChI=1S/C11H11FN2S2/c1-7-5-16-11(14-7)6-15-10-3-2-8(12)4-9(10)13/h2-5H,6,13H2,1H3. The molecule has 84 valence electrons. The Hall–Kier alpha value is -1.07. The highest BCUT2D eigenvalue weighted by atomic mass is 32.2. The van der Waals surface area contributed by atoms with Gasteiger partial charge in [-0.2, -0.15) is 0 Å². The molecule has 0 unspecified atom stereocenters. The zero-order valence-corrected chi connectivity index (χ0v) is 10.4. The lowest BCUT2D eigenvalue weighted by molar-refractivity contribution is 0.627. The molecule has 0 fully saturated rings. The predicted octanol–water partition coefficient (Wildman–Crippen LogP) is 3.47. The topological polar surface area (TPSA) is 38.9 Å². The number of thiazole rings is 1. The molecule has 0 aliphatic rings. The molecule has 2 aromatic rings. The quantitative estimate of drug-likeness (QED) is 0.673. The molecule has 1 aromatic carbocycles. The van der Waals surface area contributed by atoms with Crippen LogP contribution in [0.4, 0.5) is 10.1 Å². The third-order valence-electron chi connectivity index (χ3n) is 1.99. The first-order valence-corrected chi connectivity index (χ1v) is 6.60. The summed E-state index contributed by atoms with van der Waals surface area (Å²) < 4.78 is 12.8. The molecule has 5 heteroatoms. The van der Waals surface area contributed by atoms with Gasteiger partial charge in [0.25, 0.3) is 0 Å². The van der Waals surface area contributed by atoms with Crippen LogP contribution >= 0.6 is 23.1 Å². The zero-order valence-electron chi connectivity index (χ0n) is 8.74. The van der Waals surface area contributed by atoms with E-state index in [-0.39, 0.29) is 5.82 Å². The first-order chi connectivity index (χ1) is 7.65. The average Bonchev–Trinajstić information content (AvgIpc) is 2.63. The van der Waals surface area contributed by atoms with Crippen molar-refractivity contribution >= 4 is 28.8 Å². The molecule has 2 N–H and O–H groups in total. The van der Waals surface area contributed by atoms with E-state index in [9.17, 15) is 4.39 Å². The molecule has 0 aliphatic heterocycles. The number of hydrogen-bond acceptors (Lipinski definition) is 4. The van der Waals surface area contributed by atoms with Crippen LogP contribution in [-0.4, -0.2) is 4.98 Å². The molecular formula is C11H11FN2S2. The van der Waals surface area contributed by atoms with Crippen molar-refractivity contribution in [2.24, 2.45) is 0 Å². The van der Waals surface area contributed by atoms with Crippen LogP contribution < -0.4 is 5.73 Å². The number of nitrogens with two attached hydrogens (primary N) is 1. The SMILES string of the molecule is Cc1csc(CSc2ccc(F)cc2N)n1. The van der Waals surface area contributed by atoms with E-state index in [0.29, 0.717) is 5.69 Å². The van der Waals surface area contributed by atoms with Crippen molar-refractivity contribution in [3.05, 3.63) is 40.1 Å². The molecule has 0 amide bonds. The highest BCUT2D eigenvalue weighted by Gasteiger charge is 2.04. The van der Waals surface area contributed by atoms with Gasteiger partial charge >= 0.3 is 0 Å². The van der Waals surface area contributed by atoms with Crippen molar-refractivity contribution in [2.75, 3.05) is 5.73 Å². The minimum absolute atomic E-state index is 0.299. The van der Waals surface area contributed by atoms with Gasteiger partial charge in [-0.15, -0.1) is 23.1 Å². The smallest absolute Gasteiger partial charge is 0.125 e. The van der Waals surface area contributed by atoms with Crippen LogP contribution in [0.25, 0.3) is 0 Å². The summed E-state index contributed by atoms with van der Waals surface area (Å²) in [6.07, 6.45) is 0. The summed E-state index contributed by atoms with van der Waals surface area (Å²) in [6, 6.07) is 4.47. The molecular weight excluding hydrogens is 243 g/mol. The maximum absolute atomic E-state index is 12.8. The summed E-state index contributed by atoms with van der Waals surface area (Å²) in [5.41, 5.74) is 7.23. The monoisotopic (exact) mass is 254 g/mol. The molecule has 0 radical (unpaired) electrons. The molecule has 2 nitrogen and oxygen atoms in total. The van der Waals surface area contributed by atoms with Crippen LogP contribution in [0.3, 0.4) is 0 Å². The number of aryl methyl sites for hydroxylation is 1. The van der Waals surface area contributed by atoms with Crippen molar-refractivity contribution in [3.8, 4) is 0 Å². The van der Waals surface area contributed by atoms with Crippen molar-refractivity contribution in [1.82, 2.24) is 4.98 Å². The first-order valence-electron chi connectivity index (χ1n) is 4.74. The van der Waals surface area contributed by atoms with E-state index in [0.717, 1.165) is 21.3 Å². The van der Waals surface area contributed by atoms with Gasteiger partial charge < -0.3 is 5.73 Å². The summed E-state index contributed by atoms with van der Waals surface area (Å²) >= 11 is 3.21. The molecule has 1 heterocycles. The number of aromatic nitrogens is 1. The van der Waals surface area contributed by atoms with E-state index in [1.807, 2.05) is 12.3 Å². The van der Waals surface area contributed by atoms with Gasteiger partial charge in [-0.3, -0.25) is 0 Å². The fraction of sp³-hybridized carbons (Fsp3) is 0.182. The highest BCUT2D eigenvalue weighted by molar-refractivity contribution is 7.98. The van der Waals surface area contributed by atoms with Crippen LogP contribution in [0.5, 0.6) is 0 Å². The Kier molecular flexibility index (Phi) is 3.46. The van der Waals surface area contributed by atoms with Crippen LogP contribution in [0.1, 0.15) is 10.7 Å². The van der Waals surface area contributed by atoms with Crippen LogP contribution in [0.15, 0.2) is 28.5 Å². The Morgan fingerprint density at radius 2 is 2.31 bits per heavy atom. The lowest BCUT2D eigenvalue weighted by Gasteiger charge is -2.03. The number of halogens is 1. The van der Waals surface area contributed by atoms with E-state index in [1.54, 1.807) is 29.2 Å². The number of anilines is 1. The van der Waals surface area contributed by atoms with Gasteiger partial charge in [0.2, 0.25) is 0 Å². The maximum Gasteiger partial charge on any atom is 0.125 e. The highest BCUT2D eigenvalue weighted by Crippen LogP contribution is 2.29. The molecule has 0 bridgehead atoms. The number of benzene rings is 1. The molecule has 16 heavy (non-hydrogen) atoms. The minimum Gasteiger partial charge on any atom is -0.398 e. The lowest BCUT2D eigenvalue weighted by atomic mass is 10.3. The number of rotatable bonds is 3. The van der Waals surface area contributed by atoms with Gasteiger partial charge in [-0.05, 0) is 25.1 Å². The lowest BCUT2D eigenvalue weighted by Crippen LogP contribution is -1.90. The Balaban J connectivity index is 2.04. The molecule has 1 aromatic heterocycles. The normalized spacial score (nSPS) is 10.6. The van der Waals surface area contributed by atoms with Crippen LogP contribution in [-0.2, 0) is 5.75 Å². The largest absolute Gasteiger partial charge is 0.398 e. The second-order valence-electron chi connectivity index (χ2n) is 3.35. The summed E-state index contributed by atoms with van der Waals surface area (Å²) in [7, 11) is 0. The fourth-order valence-corrected chi connectivity index (χ4v) is 3.00. The summed E-state index contributed by atoms with van der Waals surface area (Å²) in [5, 5.41) is 3.08. The number of nitrogens with zero attached hydrogens (tertiary/aromatic N) is 1. The van der Waals surface area contributed by atoms with Crippen molar-refractivity contribution in [1.29, 1.82) is 0 Å². The number of hydrogen-bond donors (Lipinski definition) is 1. The second-order valence-corrected chi connectivity index (χ2v) is 5.31. The van der Waals surface area contributed by atoms with Gasteiger partial charge in [0.05, 0.1) is 5.75 Å². The Morgan fingerprint density at radius 1 is 1.50 bits per heavy atom. The Morgan fingerprint density at radius 3 is 2.94 bits per heavy atom. The van der Waals surface area contributed by atoms with Crippen LogP contribution in [0.2, 0.25) is 0 Å². The third-order valence-corrected chi connectivity index (χ3v) is 4.24. The second kappa shape index (κ2) is 4.84. The summed E-state index contributed by atoms with van der Waals surface area (Å²) in [6.45, 7) is 1.97. The van der Waals surface area contributed by atoms with E-state index in [4.69, 9.17) is 5.73 Å². The number of nitrogen functional groups attached to an aromatic ring is 1. The number of thioether (sulfide) groups is 1. The molecule has 0 saturated carbocycles. The van der Waals surface area contributed by atoms with Gasteiger partial charge in [0.1, 0.15) is 10.8 Å². The van der Waals surface area contributed by atoms with Gasteiger partial charge in [0.15, 0.2) is 0 Å². The van der Waals surface area contributed by atoms with Crippen molar-refractivity contribution in [2.45, 2.75) is 17.6 Å². The zero-order chi connectivity index (χ0) is 11.5. The first kappa shape index (κ1) is 11.4. The molecule has 0 saturated heterocycles. The van der Waals surface area contributed by atoms with Crippen LogP contribution in [0, 0.1) is 12.7 Å². The summed E-state index contributed by atoms with van der Waals surface area (Å²) in [4.78, 5) is 5.25. The third kappa shape index (κ3) is 2.74.